The quantitative estimate of drug-likeness (QED) is 0.647. The molecule has 94 valence electrons. The normalized spacial score (nSPS) is 22.0. The van der Waals surface area contributed by atoms with Gasteiger partial charge in [0.05, 0.1) is 6.04 Å². The maximum Gasteiger partial charge on any atom is 0.236 e. The van der Waals surface area contributed by atoms with Gasteiger partial charge in [0.1, 0.15) is 0 Å². The second-order valence-electron chi connectivity index (χ2n) is 4.09. The van der Waals surface area contributed by atoms with Crippen LogP contribution in [-0.4, -0.2) is 49.8 Å². The summed E-state index contributed by atoms with van der Waals surface area (Å²) in [6.45, 7) is 3.31. The number of methoxy groups -OCH3 is 1. The lowest BCUT2D eigenvalue weighted by Gasteiger charge is -2.18. The first kappa shape index (κ1) is 13.8. The fourth-order valence-electron chi connectivity index (χ4n) is 1.68. The van der Waals surface area contributed by atoms with Crippen molar-refractivity contribution in [2.45, 2.75) is 31.8 Å². The topological polar surface area (TPSA) is 50.4 Å². The first-order valence-electron chi connectivity index (χ1n) is 5.84. The van der Waals surface area contributed by atoms with Crippen LogP contribution in [0.2, 0.25) is 0 Å². The van der Waals surface area contributed by atoms with E-state index < -0.39 is 0 Å². The molecule has 0 bridgehead atoms. The summed E-state index contributed by atoms with van der Waals surface area (Å²) in [4.78, 5) is 11.7. The number of carbonyl (C=O) groups is 1. The molecule has 16 heavy (non-hydrogen) atoms. The van der Waals surface area contributed by atoms with Gasteiger partial charge in [-0.05, 0) is 25.5 Å². The van der Waals surface area contributed by atoms with E-state index in [1.165, 1.54) is 12.2 Å². The van der Waals surface area contributed by atoms with Crippen molar-refractivity contribution in [1.82, 2.24) is 10.6 Å². The molecule has 2 atom stereocenters. The van der Waals surface area contributed by atoms with Crippen LogP contribution in [0.4, 0.5) is 0 Å². The van der Waals surface area contributed by atoms with E-state index in [9.17, 15) is 4.79 Å². The van der Waals surface area contributed by atoms with Crippen LogP contribution in [0, 0.1) is 0 Å². The van der Waals surface area contributed by atoms with Crippen LogP contribution < -0.4 is 10.6 Å². The summed E-state index contributed by atoms with van der Waals surface area (Å²) in [5.41, 5.74) is 0. The fraction of sp³-hybridized carbons (Fsp3) is 0.909. The van der Waals surface area contributed by atoms with Gasteiger partial charge in [-0.2, -0.15) is 11.8 Å². The summed E-state index contributed by atoms with van der Waals surface area (Å²) < 4.78 is 4.92. The van der Waals surface area contributed by atoms with E-state index in [1.807, 2.05) is 18.7 Å². The molecule has 1 rings (SSSR count). The second-order valence-corrected chi connectivity index (χ2v) is 5.24. The standard InChI is InChI=1S/C11H22N2O2S/c1-9(13-10-4-7-16-8-10)11(14)12-5-3-6-15-2/h9-10,13H,3-8H2,1-2H3,(H,12,14). The van der Waals surface area contributed by atoms with E-state index in [2.05, 4.69) is 10.6 Å². The minimum Gasteiger partial charge on any atom is -0.385 e. The van der Waals surface area contributed by atoms with Gasteiger partial charge in [0.25, 0.3) is 0 Å². The Hall–Kier alpha value is -0.260. The number of thioether (sulfide) groups is 1. The molecular weight excluding hydrogens is 224 g/mol. The number of carbonyl (C=O) groups excluding carboxylic acids is 1. The van der Waals surface area contributed by atoms with Crippen LogP contribution in [0.25, 0.3) is 0 Å². The largest absolute Gasteiger partial charge is 0.385 e. The lowest BCUT2D eigenvalue weighted by molar-refractivity contribution is -0.122. The SMILES string of the molecule is COCCCNC(=O)C(C)NC1CCSC1. The molecule has 5 heteroatoms. The molecule has 1 heterocycles. The van der Waals surface area contributed by atoms with Crippen LogP contribution >= 0.6 is 11.8 Å². The van der Waals surface area contributed by atoms with Crippen LogP contribution in [0.15, 0.2) is 0 Å². The zero-order valence-electron chi connectivity index (χ0n) is 10.1. The van der Waals surface area contributed by atoms with Crippen molar-refractivity contribution in [1.29, 1.82) is 0 Å². The van der Waals surface area contributed by atoms with E-state index in [0.29, 0.717) is 19.2 Å². The Morgan fingerprint density at radius 3 is 3.06 bits per heavy atom. The molecule has 0 aromatic carbocycles. The lowest BCUT2D eigenvalue weighted by atomic mass is 10.2. The second kappa shape index (κ2) is 7.92. The van der Waals surface area contributed by atoms with E-state index in [1.54, 1.807) is 7.11 Å². The summed E-state index contributed by atoms with van der Waals surface area (Å²) in [6.07, 6.45) is 2.04. The molecule has 1 amide bonds. The van der Waals surface area contributed by atoms with Crippen molar-refractivity contribution in [2.24, 2.45) is 0 Å². The maximum absolute atomic E-state index is 11.7. The minimum absolute atomic E-state index is 0.0907. The van der Waals surface area contributed by atoms with Crippen molar-refractivity contribution >= 4 is 17.7 Å². The number of ether oxygens (including phenoxy) is 1. The van der Waals surface area contributed by atoms with Crippen molar-refractivity contribution in [3.05, 3.63) is 0 Å². The summed E-state index contributed by atoms with van der Waals surface area (Å²) in [6, 6.07) is 0.413. The highest BCUT2D eigenvalue weighted by Crippen LogP contribution is 2.17. The predicted octanol–water partition coefficient (Wildman–Crippen LogP) is 0.623. The van der Waals surface area contributed by atoms with Crippen molar-refractivity contribution in [3.63, 3.8) is 0 Å². The van der Waals surface area contributed by atoms with E-state index in [0.717, 1.165) is 12.2 Å². The Balaban J connectivity index is 2.09. The first-order chi connectivity index (χ1) is 7.74. The summed E-state index contributed by atoms with van der Waals surface area (Å²) in [5, 5.41) is 6.26. The highest BCUT2D eigenvalue weighted by atomic mass is 32.2. The molecular formula is C11H22N2O2S. The molecule has 4 nitrogen and oxygen atoms in total. The van der Waals surface area contributed by atoms with Gasteiger partial charge in [-0.1, -0.05) is 0 Å². The Kier molecular flexibility index (Phi) is 6.84. The third-order valence-corrected chi connectivity index (χ3v) is 3.80. The number of nitrogens with one attached hydrogen (secondary N) is 2. The third-order valence-electron chi connectivity index (χ3n) is 2.63. The number of hydrogen-bond acceptors (Lipinski definition) is 4. The fourth-order valence-corrected chi connectivity index (χ4v) is 2.84. The molecule has 1 fully saturated rings. The monoisotopic (exact) mass is 246 g/mol. The van der Waals surface area contributed by atoms with Gasteiger partial charge in [-0.25, -0.2) is 0 Å². The smallest absolute Gasteiger partial charge is 0.236 e. The van der Waals surface area contributed by atoms with Crippen LogP contribution in [0.1, 0.15) is 19.8 Å². The molecule has 0 radical (unpaired) electrons. The van der Waals surface area contributed by atoms with Gasteiger partial charge in [-0.3, -0.25) is 4.79 Å². The minimum atomic E-state index is -0.0914. The first-order valence-corrected chi connectivity index (χ1v) is 7.00. The lowest BCUT2D eigenvalue weighted by Crippen LogP contribution is -2.46. The summed E-state index contributed by atoms with van der Waals surface area (Å²) >= 11 is 1.95. The van der Waals surface area contributed by atoms with E-state index in [4.69, 9.17) is 4.74 Å². The Bertz CT molecular complexity index is 208. The van der Waals surface area contributed by atoms with Gasteiger partial charge in [-0.15, -0.1) is 0 Å². The van der Waals surface area contributed by atoms with Crippen LogP contribution in [-0.2, 0) is 9.53 Å². The van der Waals surface area contributed by atoms with Gasteiger partial charge in [0, 0.05) is 32.1 Å². The van der Waals surface area contributed by atoms with Crippen LogP contribution in [0.3, 0.4) is 0 Å². The molecule has 1 aliphatic rings. The predicted molar refractivity (Wildman–Crippen MR) is 67.8 cm³/mol. The molecule has 0 aliphatic carbocycles. The molecule has 0 spiro atoms. The van der Waals surface area contributed by atoms with Crippen molar-refractivity contribution in [3.8, 4) is 0 Å². The zero-order chi connectivity index (χ0) is 11.8. The third kappa shape index (κ3) is 5.18. The highest BCUT2D eigenvalue weighted by molar-refractivity contribution is 7.99. The van der Waals surface area contributed by atoms with Crippen molar-refractivity contribution in [2.75, 3.05) is 31.8 Å². The Labute approximate surface area is 102 Å². The molecule has 0 aromatic rings. The van der Waals surface area contributed by atoms with Gasteiger partial charge in [0.15, 0.2) is 0 Å². The summed E-state index contributed by atoms with van der Waals surface area (Å²) in [7, 11) is 1.67. The Morgan fingerprint density at radius 1 is 1.62 bits per heavy atom. The van der Waals surface area contributed by atoms with E-state index in [-0.39, 0.29) is 11.9 Å². The number of hydrogen-bond donors (Lipinski definition) is 2. The van der Waals surface area contributed by atoms with E-state index >= 15 is 0 Å². The van der Waals surface area contributed by atoms with Crippen LogP contribution in [0.5, 0.6) is 0 Å². The van der Waals surface area contributed by atoms with Gasteiger partial charge >= 0.3 is 0 Å². The summed E-state index contributed by atoms with van der Waals surface area (Å²) in [5.74, 6) is 2.43. The average molecular weight is 246 g/mol. The molecule has 1 saturated heterocycles. The molecule has 0 saturated carbocycles. The Morgan fingerprint density at radius 2 is 2.44 bits per heavy atom. The van der Waals surface area contributed by atoms with Gasteiger partial charge < -0.3 is 15.4 Å². The molecule has 2 unspecified atom stereocenters. The highest BCUT2D eigenvalue weighted by Gasteiger charge is 2.20. The maximum atomic E-state index is 11.7. The van der Waals surface area contributed by atoms with Crippen molar-refractivity contribution < 1.29 is 9.53 Å². The van der Waals surface area contributed by atoms with Gasteiger partial charge in [0.2, 0.25) is 5.91 Å². The molecule has 0 aromatic heterocycles. The average Bonchev–Trinajstić information content (AvgIpc) is 2.76. The number of amides is 1. The number of rotatable bonds is 7. The molecule has 1 aliphatic heterocycles. The molecule has 2 N–H and O–H groups in total. The zero-order valence-corrected chi connectivity index (χ0v) is 10.9.